The molecule has 168 valence electrons. The summed E-state index contributed by atoms with van der Waals surface area (Å²) in [5.74, 6) is 0.300. The van der Waals surface area contributed by atoms with E-state index >= 15 is 0 Å². The van der Waals surface area contributed by atoms with Gasteiger partial charge in [0.1, 0.15) is 0 Å². The first-order chi connectivity index (χ1) is 14.7. The summed E-state index contributed by atoms with van der Waals surface area (Å²) in [6, 6.07) is 18.9. The number of nitrogens with zero attached hydrogens (tertiary/aromatic N) is 3. The van der Waals surface area contributed by atoms with Crippen LogP contribution in [0, 0.1) is 6.92 Å². The van der Waals surface area contributed by atoms with Gasteiger partial charge in [-0.2, -0.15) is 0 Å². The van der Waals surface area contributed by atoms with Gasteiger partial charge in [0.05, 0.1) is 17.7 Å². The van der Waals surface area contributed by atoms with E-state index in [1.54, 1.807) is 11.3 Å². The van der Waals surface area contributed by atoms with Gasteiger partial charge in [-0.25, -0.2) is 0 Å². The number of hydrogen-bond donors (Lipinski definition) is 0. The Morgan fingerprint density at radius 1 is 0.969 bits per heavy atom. The molecule has 4 nitrogen and oxygen atoms in total. The molecule has 1 aliphatic heterocycles. The number of rotatable bonds is 5. The number of Topliss-reactive ketones (excluding diaryl/α,β-unsaturated/α-hetero) is 1. The second-order valence-electron chi connectivity index (χ2n) is 8.04. The van der Waals surface area contributed by atoms with Crippen molar-refractivity contribution in [3.63, 3.8) is 0 Å². The summed E-state index contributed by atoms with van der Waals surface area (Å²) in [5.41, 5.74) is 4.48. The van der Waals surface area contributed by atoms with Crippen LogP contribution in [0.15, 0.2) is 60.0 Å². The molecule has 2 aromatic heterocycles. The third-order valence-electron chi connectivity index (χ3n) is 5.90. The molecule has 0 radical (unpaired) electrons. The molecule has 0 aliphatic carbocycles. The Morgan fingerprint density at radius 3 is 2.56 bits per heavy atom. The van der Waals surface area contributed by atoms with Crippen LogP contribution in [-0.4, -0.2) is 48.4 Å². The van der Waals surface area contributed by atoms with Crippen LogP contribution >= 0.6 is 36.2 Å². The van der Waals surface area contributed by atoms with E-state index in [9.17, 15) is 4.79 Å². The fourth-order valence-electron chi connectivity index (χ4n) is 4.32. The summed E-state index contributed by atoms with van der Waals surface area (Å²) < 4.78 is 1.26. The molecular weight excluding hydrogens is 461 g/mol. The lowest BCUT2D eigenvalue weighted by Crippen LogP contribution is -2.48. The van der Waals surface area contributed by atoms with Gasteiger partial charge in [-0.15, -0.1) is 36.2 Å². The normalized spacial score (nSPS) is 14.2. The third kappa shape index (κ3) is 5.07. The number of fused-ring (bicyclic) bond motifs is 2. The first-order valence-corrected chi connectivity index (χ1v) is 11.4. The van der Waals surface area contributed by atoms with Crippen molar-refractivity contribution in [1.29, 1.82) is 0 Å². The van der Waals surface area contributed by atoms with Crippen LogP contribution in [0.3, 0.4) is 0 Å². The van der Waals surface area contributed by atoms with Crippen molar-refractivity contribution in [2.75, 3.05) is 37.6 Å². The summed E-state index contributed by atoms with van der Waals surface area (Å²) in [6.07, 6.45) is 0.525. The van der Waals surface area contributed by atoms with E-state index < -0.39 is 0 Å². The number of para-hydroxylation sites is 1. The molecule has 0 spiro atoms. The van der Waals surface area contributed by atoms with E-state index in [-0.39, 0.29) is 24.8 Å². The molecule has 3 heterocycles. The van der Waals surface area contributed by atoms with E-state index in [1.165, 1.54) is 21.2 Å². The van der Waals surface area contributed by atoms with Crippen molar-refractivity contribution >= 4 is 68.6 Å². The summed E-state index contributed by atoms with van der Waals surface area (Å²) in [4.78, 5) is 22.2. The molecule has 4 aromatic rings. The van der Waals surface area contributed by atoms with Gasteiger partial charge in [0.25, 0.3) is 0 Å². The minimum atomic E-state index is 0. The Balaban J connectivity index is 0.00000144. The molecule has 0 bridgehead atoms. The average Bonchev–Trinajstić information content (AvgIpc) is 3.17. The standard InChI is InChI=1S/C25H25N3OS.2ClH/c1-18-9-10-19-5-4-7-23(25(19)26-18)28-13-11-27(12-14-28)16-21(29)15-20-17-30-24-8-3-2-6-22(20)24;;/h2-10,17H,11-16H2,1H3;2*1H. The highest BCUT2D eigenvalue weighted by molar-refractivity contribution is 7.17. The molecule has 2 aromatic carbocycles. The van der Waals surface area contributed by atoms with Crippen LogP contribution in [0.2, 0.25) is 0 Å². The maximum absolute atomic E-state index is 12.7. The van der Waals surface area contributed by atoms with Crippen molar-refractivity contribution in [3.05, 3.63) is 71.2 Å². The van der Waals surface area contributed by atoms with Crippen molar-refractivity contribution in [1.82, 2.24) is 9.88 Å². The second-order valence-corrected chi connectivity index (χ2v) is 8.95. The van der Waals surface area contributed by atoms with Crippen LogP contribution in [0.5, 0.6) is 0 Å². The zero-order chi connectivity index (χ0) is 20.5. The SMILES string of the molecule is Cc1ccc2cccc(N3CCN(CC(=O)Cc4csc5ccccc45)CC3)c2n1.Cl.Cl. The number of ketones is 1. The van der Waals surface area contributed by atoms with Crippen molar-refractivity contribution < 1.29 is 4.79 Å². The van der Waals surface area contributed by atoms with E-state index in [1.807, 2.05) is 13.0 Å². The van der Waals surface area contributed by atoms with Gasteiger partial charge >= 0.3 is 0 Å². The number of carbonyl (C=O) groups is 1. The number of thiophene rings is 1. The number of benzene rings is 2. The van der Waals surface area contributed by atoms with Gasteiger partial charge in [-0.1, -0.05) is 36.4 Å². The van der Waals surface area contributed by atoms with Crippen molar-refractivity contribution in [2.24, 2.45) is 0 Å². The number of hydrogen-bond acceptors (Lipinski definition) is 5. The molecule has 0 saturated carbocycles. The van der Waals surface area contributed by atoms with Crippen molar-refractivity contribution in [2.45, 2.75) is 13.3 Å². The predicted octanol–water partition coefficient (Wildman–Crippen LogP) is 5.54. The van der Waals surface area contributed by atoms with Gasteiger partial charge in [-0.3, -0.25) is 14.7 Å². The van der Waals surface area contributed by atoms with Crippen LogP contribution in [0.1, 0.15) is 11.3 Å². The smallest absolute Gasteiger partial charge is 0.151 e. The number of piperazine rings is 1. The summed E-state index contributed by atoms with van der Waals surface area (Å²) in [5, 5.41) is 4.54. The monoisotopic (exact) mass is 487 g/mol. The van der Waals surface area contributed by atoms with Crippen LogP contribution in [0.4, 0.5) is 5.69 Å². The maximum Gasteiger partial charge on any atom is 0.151 e. The summed E-state index contributed by atoms with van der Waals surface area (Å²) in [6.45, 7) is 6.21. The molecule has 7 heteroatoms. The topological polar surface area (TPSA) is 36.4 Å². The van der Waals surface area contributed by atoms with Gasteiger partial charge in [0.2, 0.25) is 0 Å². The lowest BCUT2D eigenvalue weighted by molar-refractivity contribution is -0.119. The van der Waals surface area contributed by atoms with E-state index in [2.05, 4.69) is 63.7 Å². The first kappa shape index (κ1) is 24.5. The Hall–Kier alpha value is -2.18. The Kier molecular flexibility index (Phi) is 8.12. The van der Waals surface area contributed by atoms with Gasteiger partial charge < -0.3 is 4.90 Å². The van der Waals surface area contributed by atoms with Crippen LogP contribution in [0.25, 0.3) is 21.0 Å². The van der Waals surface area contributed by atoms with E-state index in [0.717, 1.165) is 43.0 Å². The molecule has 0 unspecified atom stereocenters. The molecule has 32 heavy (non-hydrogen) atoms. The number of aryl methyl sites for hydroxylation is 1. The number of pyridine rings is 1. The fourth-order valence-corrected chi connectivity index (χ4v) is 5.28. The highest BCUT2D eigenvalue weighted by atomic mass is 35.5. The van der Waals surface area contributed by atoms with Gasteiger partial charge in [-0.05, 0) is 41.5 Å². The Bertz CT molecular complexity index is 1220. The molecule has 5 rings (SSSR count). The minimum absolute atomic E-state index is 0. The molecule has 1 aliphatic rings. The number of anilines is 1. The Morgan fingerprint density at radius 2 is 1.75 bits per heavy atom. The molecule has 0 N–H and O–H groups in total. The molecule has 1 saturated heterocycles. The first-order valence-electron chi connectivity index (χ1n) is 10.5. The number of aromatic nitrogens is 1. The maximum atomic E-state index is 12.7. The zero-order valence-electron chi connectivity index (χ0n) is 18.0. The number of carbonyl (C=O) groups excluding carboxylic acids is 1. The third-order valence-corrected chi connectivity index (χ3v) is 6.91. The van der Waals surface area contributed by atoms with E-state index in [4.69, 9.17) is 4.98 Å². The second kappa shape index (κ2) is 10.6. The molecule has 1 fully saturated rings. The molecular formula is C25H27Cl2N3OS. The quantitative estimate of drug-likeness (QED) is 0.370. The minimum Gasteiger partial charge on any atom is -0.367 e. The highest BCUT2D eigenvalue weighted by Crippen LogP contribution is 2.27. The lowest BCUT2D eigenvalue weighted by Gasteiger charge is -2.36. The lowest BCUT2D eigenvalue weighted by atomic mass is 10.1. The predicted molar refractivity (Wildman–Crippen MR) is 140 cm³/mol. The van der Waals surface area contributed by atoms with E-state index in [0.29, 0.717) is 18.7 Å². The molecule has 0 atom stereocenters. The zero-order valence-corrected chi connectivity index (χ0v) is 20.4. The number of halogens is 2. The summed E-state index contributed by atoms with van der Waals surface area (Å²) >= 11 is 1.72. The van der Waals surface area contributed by atoms with Crippen LogP contribution < -0.4 is 4.90 Å². The average molecular weight is 488 g/mol. The van der Waals surface area contributed by atoms with Crippen LogP contribution in [-0.2, 0) is 11.2 Å². The van der Waals surface area contributed by atoms with Gasteiger partial charge in [0, 0.05) is 48.4 Å². The highest BCUT2D eigenvalue weighted by Gasteiger charge is 2.21. The Labute approximate surface area is 205 Å². The van der Waals surface area contributed by atoms with Gasteiger partial charge in [0.15, 0.2) is 5.78 Å². The fraction of sp³-hybridized carbons (Fsp3) is 0.280. The largest absolute Gasteiger partial charge is 0.367 e. The van der Waals surface area contributed by atoms with Crippen molar-refractivity contribution in [3.8, 4) is 0 Å². The summed E-state index contributed by atoms with van der Waals surface area (Å²) in [7, 11) is 0. The molecule has 0 amide bonds.